The van der Waals surface area contributed by atoms with E-state index in [0.29, 0.717) is 19.3 Å². The van der Waals surface area contributed by atoms with Gasteiger partial charge in [0.15, 0.2) is 6.29 Å². The van der Waals surface area contributed by atoms with Crippen molar-refractivity contribution in [3.8, 4) is 0 Å². The maximum Gasteiger partial charge on any atom is 0.407 e. The third-order valence-electron chi connectivity index (χ3n) is 3.68. The second-order valence-corrected chi connectivity index (χ2v) is 5.74. The van der Waals surface area contributed by atoms with Gasteiger partial charge in [-0.1, -0.05) is 6.92 Å². The number of hydrogen-bond acceptors (Lipinski definition) is 9. The van der Waals surface area contributed by atoms with Gasteiger partial charge >= 0.3 is 6.09 Å². The van der Waals surface area contributed by atoms with Gasteiger partial charge in [0, 0.05) is 13.0 Å². The Morgan fingerprint density at radius 1 is 1.23 bits per heavy atom. The first-order chi connectivity index (χ1) is 12.4. The zero-order valence-electron chi connectivity index (χ0n) is 14.5. The molecule has 150 valence electrons. The maximum atomic E-state index is 11.6. The van der Waals surface area contributed by atoms with Crippen molar-refractivity contribution < 1.29 is 43.9 Å². The van der Waals surface area contributed by atoms with Crippen LogP contribution in [0.1, 0.15) is 26.2 Å². The van der Waals surface area contributed by atoms with Crippen LogP contribution in [-0.2, 0) is 23.8 Å². The highest BCUT2D eigenvalue weighted by Gasteiger charge is 2.44. The minimum absolute atomic E-state index is 0.151. The topological polar surface area (TPSA) is 164 Å². The summed E-state index contributed by atoms with van der Waals surface area (Å²) in [5, 5.41) is 34.9. The molecule has 0 aromatic rings. The molecule has 1 rings (SSSR count). The van der Waals surface area contributed by atoms with Crippen LogP contribution >= 0.6 is 0 Å². The Bertz CT molecular complexity index is 462. The summed E-state index contributed by atoms with van der Waals surface area (Å²) < 4.78 is 14.4. The van der Waals surface area contributed by atoms with Crippen LogP contribution in [0.3, 0.4) is 0 Å². The largest absolute Gasteiger partial charge is 0.468 e. The number of aliphatic hydroxyl groups excluding tert-OH is 3. The molecule has 1 saturated heterocycles. The molecule has 0 radical (unpaired) electrons. The van der Waals surface area contributed by atoms with Crippen LogP contribution in [-0.4, -0.2) is 84.2 Å². The summed E-state index contributed by atoms with van der Waals surface area (Å²) in [4.78, 5) is 33.0. The first-order valence-corrected chi connectivity index (χ1v) is 8.35. The van der Waals surface area contributed by atoms with Gasteiger partial charge in [0.1, 0.15) is 31.0 Å². The Hall–Kier alpha value is -1.95. The predicted molar refractivity (Wildman–Crippen MR) is 85.7 cm³/mol. The molecule has 2 amide bonds. The quantitative estimate of drug-likeness (QED) is 0.214. The van der Waals surface area contributed by atoms with Gasteiger partial charge in [0.05, 0.1) is 6.61 Å². The molecule has 1 heterocycles. The Morgan fingerprint density at radius 2 is 1.96 bits per heavy atom. The van der Waals surface area contributed by atoms with Crippen molar-refractivity contribution in [2.45, 2.75) is 56.8 Å². The van der Waals surface area contributed by atoms with Crippen LogP contribution in [0.25, 0.3) is 0 Å². The third-order valence-corrected chi connectivity index (χ3v) is 3.68. The Morgan fingerprint density at radius 3 is 2.62 bits per heavy atom. The first-order valence-electron chi connectivity index (χ1n) is 8.35. The van der Waals surface area contributed by atoms with Crippen molar-refractivity contribution in [2.75, 3.05) is 19.8 Å². The summed E-state index contributed by atoms with van der Waals surface area (Å²) in [7, 11) is 0. The number of carbonyl (C=O) groups excluding carboxylic acids is 3. The highest BCUT2D eigenvalue weighted by molar-refractivity contribution is 5.76. The van der Waals surface area contributed by atoms with Crippen LogP contribution in [0, 0.1) is 0 Å². The maximum absolute atomic E-state index is 11.6. The van der Waals surface area contributed by atoms with Crippen molar-refractivity contribution in [3.63, 3.8) is 0 Å². The summed E-state index contributed by atoms with van der Waals surface area (Å²) in [6.07, 6.45) is -5.30. The lowest BCUT2D eigenvalue weighted by molar-refractivity contribution is -0.253. The van der Waals surface area contributed by atoms with Gasteiger partial charge in [-0.25, -0.2) is 4.79 Å². The summed E-state index contributed by atoms with van der Waals surface area (Å²) >= 11 is 0. The van der Waals surface area contributed by atoms with Crippen LogP contribution < -0.4 is 10.6 Å². The Labute approximate surface area is 150 Å². The van der Waals surface area contributed by atoms with Crippen LogP contribution in [0.5, 0.6) is 0 Å². The second kappa shape index (κ2) is 11.6. The Kier molecular flexibility index (Phi) is 9.88. The molecule has 0 aliphatic carbocycles. The summed E-state index contributed by atoms with van der Waals surface area (Å²) in [6, 6.07) is -1.19. The standard InChI is InChI=1S/C15H26N2O9/c1-2-4-10(19)17-11-13(21)12(20)9(26-14(11)22)7-25-15(23)16-5-3-6-24-8-18/h8-9,11-14,20-22H,2-7H2,1H3,(H,16,23)(H,17,19)/t9-,11-,12-,13-,14?/m1/s1. The van der Waals surface area contributed by atoms with Gasteiger partial charge in [0.2, 0.25) is 5.91 Å². The number of aliphatic hydroxyl groups is 3. The number of ether oxygens (including phenoxy) is 3. The molecule has 1 unspecified atom stereocenters. The van der Waals surface area contributed by atoms with E-state index in [0.717, 1.165) is 0 Å². The van der Waals surface area contributed by atoms with E-state index in [1.807, 2.05) is 0 Å². The molecule has 1 aliphatic rings. The minimum atomic E-state index is -1.56. The average molecular weight is 378 g/mol. The molecule has 11 nitrogen and oxygen atoms in total. The highest BCUT2D eigenvalue weighted by Crippen LogP contribution is 2.20. The van der Waals surface area contributed by atoms with Gasteiger partial charge in [-0.2, -0.15) is 0 Å². The number of alkyl carbamates (subject to hydrolysis) is 1. The lowest BCUT2D eigenvalue weighted by atomic mass is 9.97. The summed E-state index contributed by atoms with van der Waals surface area (Å²) in [6.45, 7) is 2.04. The summed E-state index contributed by atoms with van der Waals surface area (Å²) in [5.74, 6) is -0.390. The van der Waals surface area contributed by atoms with Crippen LogP contribution in [0.4, 0.5) is 4.79 Å². The van der Waals surface area contributed by atoms with Gasteiger partial charge in [-0.15, -0.1) is 0 Å². The molecule has 0 spiro atoms. The fourth-order valence-corrected chi connectivity index (χ4v) is 2.33. The lowest BCUT2D eigenvalue weighted by Crippen LogP contribution is -2.64. The molecular weight excluding hydrogens is 352 g/mol. The fourth-order valence-electron chi connectivity index (χ4n) is 2.33. The van der Waals surface area contributed by atoms with E-state index in [4.69, 9.17) is 9.47 Å². The molecule has 11 heteroatoms. The molecule has 5 atom stereocenters. The molecule has 26 heavy (non-hydrogen) atoms. The van der Waals surface area contributed by atoms with E-state index in [9.17, 15) is 29.7 Å². The smallest absolute Gasteiger partial charge is 0.407 e. The monoisotopic (exact) mass is 378 g/mol. The van der Waals surface area contributed by atoms with Crippen molar-refractivity contribution >= 4 is 18.5 Å². The van der Waals surface area contributed by atoms with E-state index in [-0.39, 0.29) is 25.5 Å². The van der Waals surface area contributed by atoms with Crippen LogP contribution in [0.2, 0.25) is 0 Å². The third kappa shape index (κ3) is 7.12. The first kappa shape index (κ1) is 22.1. The SMILES string of the molecule is CCCC(=O)N[C@H]1C(O)O[C@H](COC(=O)NCCCOC=O)[C@@H](O)[C@@H]1O. The van der Waals surface area contributed by atoms with E-state index in [1.165, 1.54) is 0 Å². The van der Waals surface area contributed by atoms with Gasteiger partial charge in [0.25, 0.3) is 6.47 Å². The highest BCUT2D eigenvalue weighted by atomic mass is 16.6. The molecule has 0 aromatic carbocycles. The summed E-state index contributed by atoms with van der Waals surface area (Å²) in [5.41, 5.74) is 0. The lowest BCUT2D eigenvalue weighted by Gasteiger charge is -2.40. The van der Waals surface area contributed by atoms with Crippen molar-refractivity contribution in [2.24, 2.45) is 0 Å². The average Bonchev–Trinajstić information content (AvgIpc) is 2.60. The predicted octanol–water partition coefficient (Wildman–Crippen LogP) is -2.00. The van der Waals surface area contributed by atoms with Crippen molar-refractivity contribution in [3.05, 3.63) is 0 Å². The second-order valence-electron chi connectivity index (χ2n) is 5.74. The zero-order valence-corrected chi connectivity index (χ0v) is 14.5. The molecule has 1 fully saturated rings. The number of rotatable bonds is 10. The minimum Gasteiger partial charge on any atom is -0.468 e. The van der Waals surface area contributed by atoms with Crippen LogP contribution in [0.15, 0.2) is 0 Å². The fraction of sp³-hybridized carbons (Fsp3) is 0.800. The number of hydrogen-bond donors (Lipinski definition) is 5. The number of amides is 2. The normalized spacial score (nSPS) is 28.1. The van der Waals surface area contributed by atoms with Gasteiger partial charge in [-0.05, 0) is 12.8 Å². The molecule has 5 N–H and O–H groups in total. The molecule has 1 aliphatic heterocycles. The van der Waals surface area contributed by atoms with Crippen molar-refractivity contribution in [1.29, 1.82) is 0 Å². The van der Waals surface area contributed by atoms with E-state index in [1.54, 1.807) is 6.92 Å². The van der Waals surface area contributed by atoms with Gasteiger partial charge < -0.3 is 40.2 Å². The zero-order chi connectivity index (χ0) is 19.5. The molecule has 0 saturated carbocycles. The van der Waals surface area contributed by atoms with E-state index in [2.05, 4.69) is 15.4 Å². The van der Waals surface area contributed by atoms with Crippen molar-refractivity contribution in [1.82, 2.24) is 10.6 Å². The molecule has 0 bridgehead atoms. The van der Waals surface area contributed by atoms with Gasteiger partial charge in [-0.3, -0.25) is 9.59 Å². The molecular formula is C15H26N2O9. The van der Waals surface area contributed by atoms with E-state index < -0.39 is 43.3 Å². The van der Waals surface area contributed by atoms with E-state index >= 15 is 0 Å². The Balaban J connectivity index is 2.39. The molecule has 0 aromatic heterocycles. The number of nitrogens with one attached hydrogen (secondary N) is 2. The number of carbonyl (C=O) groups is 3.